The lowest BCUT2D eigenvalue weighted by molar-refractivity contribution is 0.103. The summed E-state index contributed by atoms with van der Waals surface area (Å²) >= 11 is 1.31. The molecule has 1 amide bonds. The molecule has 6 heteroatoms. The van der Waals surface area contributed by atoms with Crippen LogP contribution in [-0.4, -0.2) is 15.5 Å². The number of hydrogen-bond donors (Lipinski definition) is 1. The van der Waals surface area contributed by atoms with Gasteiger partial charge in [-0.3, -0.25) is 4.79 Å². The predicted molar refractivity (Wildman–Crippen MR) is 107 cm³/mol. The van der Waals surface area contributed by atoms with E-state index in [9.17, 15) is 9.18 Å². The number of aromatic nitrogens is 2. The first-order valence-corrected chi connectivity index (χ1v) is 9.40. The van der Waals surface area contributed by atoms with E-state index in [1.165, 1.54) is 17.4 Å². The number of rotatable bonds is 4. The maximum absolute atomic E-state index is 14.0. The number of fused-ring (bicyclic) bond motifs is 1. The molecule has 0 aliphatic rings. The van der Waals surface area contributed by atoms with Crippen LogP contribution >= 0.6 is 11.3 Å². The van der Waals surface area contributed by atoms with Gasteiger partial charge >= 0.3 is 0 Å². The second kappa shape index (κ2) is 6.96. The van der Waals surface area contributed by atoms with Crippen LogP contribution < -0.4 is 5.32 Å². The molecule has 0 saturated heterocycles. The lowest BCUT2D eigenvalue weighted by Gasteiger charge is -2.08. The number of hydrogen-bond acceptors (Lipinski definition) is 3. The van der Waals surface area contributed by atoms with E-state index in [1.807, 2.05) is 43.5 Å². The van der Waals surface area contributed by atoms with E-state index in [0.29, 0.717) is 21.5 Å². The fraction of sp³-hybridized carbons (Fsp3) is 0.143. The van der Waals surface area contributed by atoms with Crippen molar-refractivity contribution in [3.63, 3.8) is 0 Å². The van der Waals surface area contributed by atoms with Crippen molar-refractivity contribution < 1.29 is 9.18 Å². The monoisotopic (exact) mass is 379 g/mol. The van der Waals surface area contributed by atoms with Crippen LogP contribution in [0.1, 0.15) is 26.6 Å². The van der Waals surface area contributed by atoms with Crippen molar-refractivity contribution >= 4 is 33.0 Å². The average molecular weight is 379 g/mol. The van der Waals surface area contributed by atoms with Crippen molar-refractivity contribution in [2.75, 3.05) is 5.32 Å². The molecule has 2 aromatic heterocycles. The fourth-order valence-electron chi connectivity index (χ4n) is 3.12. The quantitative estimate of drug-likeness (QED) is 0.533. The zero-order valence-electron chi connectivity index (χ0n) is 15.0. The molecule has 0 radical (unpaired) electrons. The summed E-state index contributed by atoms with van der Waals surface area (Å²) in [6.45, 7) is 4.48. The van der Waals surface area contributed by atoms with E-state index >= 15 is 0 Å². The van der Waals surface area contributed by atoms with Gasteiger partial charge in [-0.15, -0.1) is 11.3 Å². The molecule has 0 aliphatic heterocycles. The summed E-state index contributed by atoms with van der Waals surface area (Å²) in [4.78, 5) is 17.4. The molecule has 0 saturated carbocycles. The van der Waals surface area contributed by atoms with E-state index < -0.39 is 0 Å². The molecule has 0 spiro atoms. The number of benzene rings is 2. The van der Waals surface area contributed by atoms with Gasteiger partial charge in [0, 0.05) is 34.7 Å². The molecule has 2 heterocycles. The van der Waals surface area contributed by atoms with Crippen molar-refractivity contribution in [3.8, 4) is 0 Å². The summed E-state index contributed by atoms with van der Waals surface area (Å²) in [5.74, 6) is 0.450. The van der Waals surface area contributed by atoms with Crippen LogP contribution in [0.3, 0.4) is 0 Å². The van der Waals surface area contributed by atoms with Crippen LogP contribution in [0.25, 0.3) is 10.1 Å². The Balaban J connectivity index is 1.52. The molecule has 4 aromatic rings. The number of carbonyl (C=O) groups is 1. The minimum Gasteiger partial charge on any atom is -0.331 e. The number of amides is 1. The fourth-order valence-corrected chi connectivity index (χ4v) is 4.24. The SMILES string of the molecule is Cc1c(C(=O)Nc2ccc(Cn3ccnc3C)cc2)sc2cccc(F)c12. The Kier molecular flexibility index (Phi) is 4.49. The van der Waals surface area contributed by atoms with Gasteiger partial charge in [0.15, 0.2) is 0 Å². The molecule has 0 unspecified atom stereocenters. The summed E-state index contributed by atoms with van der Waals surface area (Å²) in [5.41, 5.74) is 2.51. The van der Waals surface area contributed by atoms with E-state index in [2.05, 4.69) is 14.9 Å². The molecule has 27 heavy (non-hydrogen) atoms. The van der Waals surface area contributed by atoms with Crippen LogP contribution in [0.2, 0.25) is 0 Å². The molecule has 0 fully saturated rings. The van der Waals surface area contributed by atoms with Gasteiger partial charge in [-0.25, -0.2) is 9.37 Å². The Morgan fingerprint density at radius 3 is 2.63 bits per heavy atom. The molecule has 0 atom stereocenters. The Morgan fingerprint density at radius 1 is 1.19 bits per heavy atom. The third-order valence-corrected chi connectivity index (χ3v) is 5.85. The summed E-state index contributed by atoms with van der Waals surface area (Å²) in [5, 5.41) is 3.43. The molecule has 1 N–H and O–H groups in total. The zero-order valence-corrected chi connectivity index (χ0v) is 15.8. The van der Waals surface area contributed by atoms with Gasteiger partial charge in [0.05, 0.1) is 4.88 Å². The smallest absolute Gasteiger partial charge is 0.266 e. The van der Waals surface area contributed by atoms with Gasteiger partial charge in [-0.05, 0) is 49.2 Å². The molecule has 0 aliphatic carbocycles. The van der Waals surface area contributed by atoms with Crippen LogP contribution in [0, 0.1) is 19.7 Å². The number of nitrogens with one attached hydrogen (secondary N) is 1. The molecule has 4 nitrogen and oxygen atoms in total. The first-order valence-electron chi connectivity index (χ1n) is 8.58. The highest BCUT2D eigenvalue weighted by atomic mass is 32.1. The molecular weight excluding hydrogens is 361 g/mol. The van der Waals surface area contributed by atoms with Crippen molar-refractivity contribution in [1.29, 1.82) is 0 Å². The van der Waals surface area contributed by atoms with E-state index in [0.717, 1.165) is 22.6 Å². The number of thiophene rings is 1. The highest BCUT2D eigenvalue weighted by molar-refractivity contribution is 7.21. The number of nitrogens with zero attached hydrogens (tertiary/aromatic N) is 2. The molecule has 0 bridgehead atoms. The van der Waals surface area contributed by atoms with Gasteiger partial charge in [0.25, 0.3) is 5.91 Å². The summed E-state index contributed by atoms with van der Waals surface area (Å²) in [7, 11) is 0. The summed E-state index contributed by atoms with van der Waals surface area (Å²) in [6.07, 6.45) is 3.72. The zero-order chi connectivity index (χ0) is 19.0. The first-order chi connectivity index (χ1) is 13.0. The van der Waals surface area contributed by atoms with E-state index in [4.69, 9.17) is 0 Å². The molecular formula is C21H18FN3OS. The largest absolute Gasteiger partial charge is 0.331 e. The topological polar surface area (TPSA) is 46.9 Å². The highest BCUT2D eigenvalue weighted by Crippen LogP contribution is 2.33. The number of imidazole rings is 1. The van der Waals surface area contributed by atoms with Gasteiger partial charge in [0.2, 0.25) is 0 Å². The standard InChI is InChI=1S/C21H18FN3OS/c1-13-19-17(22)4-3-5-18(19)27-20(13)21(26)24-16-8-6-15(7-9-16)12-25-11-10-23-14(25)2/h3-11H,12H2,1-2H3,(H,24,26). The summed E-state index contributed by atoms with van der Waals surface area (Å²) in [6, 6.07) is 12.6. The van der Waals surface area contributed by atoms with E-state index in [1.54, 1.807) is 19.2 Å². The lowest BCUT2D eigenvalue weighted by Crippen LogP contribution is -2.11. The van der Waals surface area contributed by atoms with Crippen LogP contribution in [0.4, 0.5) is 10.1 Å². The number of aryl methyl sites for hydroxylation is 2. The Hall–Kier alpha value is -2.99. The molecule has 2 aromatic carbocycles. The van der Waals surface area contributed by atoms with Crippen LogP contribution in [0.15, 0.2) is 54.9 Å². The van der Waals surface area contributed by atoms with Crippen molar-refractivity contribution in [2.24, 2.45) is 0 Å². The normalized spacial score (nSPS) is 11.1. The maximum atomic E-state index is 14.0. The van der Waals surface area contributed by atoms with Crippen LogP contribution in [-0.2, 0) is 6.54 Å². The Morgan fingerprint density at radius 2 is 1.96 bits per heavy atom. The third-order valence-electron chi connectivity index (χ3n) is 4.60. The Bertz CT molecular complexity index is 1130. The number of carbonyl (C=O) groups excluding carboxylic acids is 1. The van der Waals surface area contributed by atoms with Crippen molar-refractivity contribution in [3.05, 3.63) is 82.5 Å². The average Bonchev–Trinajstić information content (AvgIpc) is 3.21. The molecule has 136 valence electrons. The second-order valence-corrected chi connectivity index (χ2v) is 7.47. The summed E-state index contributed by atoms with van der Waals surface area (Å²) < 4.78 is 16.9. The third kappa shape index (κ3) is 3.36. The second-order valence-electron chi connectivity index (χ2n) is 6.42. The number of halogens is 1. The van der Waals surface area contributed by atoms with E-state index in [-0.39, 0.29) is 11.7 Å². The van der Waals surface area contributed by atoms with Crippen molar-refractivity contribution in [2.45, 2.75) is 20.4 Å². The molecule has 4 rings (SSSR count). The van der Waals surface area contributed by atoms with Gasteiger partial charge in [-0.2, -0.15) is 0 Å². The van der Waals surface area contributed by atoms with Crippen LogP contribution in [0.5, 0.6) is 0 Å². The number of anilines is 1. The van der Waals surface area contributed by atoms with Crippen molar-refractivity contribution in [1.82, 2.24) is 9.55 Å². The Labute approximate surface area is 160 Å². The first kappa shape index (κ1) is 17.4. The maximum Gasteiger partial charge on any atom is 0.266 e. The lowest BCUT2D eigenvalue weighted by atomic mass is 10.1. The minimum absolute atomic E-state index is 0.216. The van der Waals surface area contributed by atoms with Gasteiger partial charge in [-0.1, -0.05) is 18.2 Å². The van der Waals surface area contributed by atoms with Gasteiger partial charge in [0.1, 0.15) is 11.6 Å². The minimum atomic E-state index is -0.292. The van der Waals surface area contributed by atoms with Gasteiger partial charge < -0.3 is 9.88 Å². The highest BCUT2D eigenvalue weighted by Gasteiger charge is 2.17. The predicted octanol–water partition coefficient (Wildman–Crippen LogP) is 5.15.